The van der Waals surface area contributed by atoms with Gasteiger partial charge in [0.15, 0.2) is 5.75 Å². The zero-order valence-corrected chi connectivity index (χ0v) is 13.9. The van der Waals surface area contributed by atoms with Gasteiger partial charge in [-0.1, -0.05) is 11.6 Å². The lowest BCUT2D eigenvalue weighted by Crippen LogP contribution is -2.33. The molecule has 0 bridgehead atoms. The molecule has 0 aliphatic rings. The van der Waals surface area contributed by atoms with Gasteiger partial charge in [0.2, 0.25) is 5.91 Å². The van der Waals surface area contributed by atoms with E-state index in [1.807, 2.05) is 0 Å². The number of benzene rings is 1. The van der Waals surface area contributed by atoms with Gasteiger partial charge in [0, 0.05) is 31.2 Å². The van der Waals surface area contributed by atoms with Crippen molar-refractivity contribution in [1.29, 1.82) is 0 Å². The first-order valence-electron chi connectivity index (χ1n) is 6.41. The predicted molar refractivity (Wildman–Crippen MR) is 87.0 cm³/mol. The zero-order chi connectivity index (χ0) is 15.8. The number of carbonyl (C=O) groups excluding carboxylic acids is 1. The number of amides is 1. The van der Waals surface area contributed by atoms with Crippen LogP contribution in [0, 0.1) is 10.1 Å². The molecule has 0 atom stereocenters. The Balaban J connectivity index is 0.00000441. The summed E-state index contributed by atoms with van der Waals surface area (Å²) in [5, 5.41) is 14.1. The molecule has 7 nitrogen and oxygen atoms in total. The highest BCUT2D eigenvalue weighted by atomic mass is 35.5. The second-order valence-electron chi connectivity index (χ2n) is 4.39. The molecule has 0 aliphatic heterocycles. The molecule has 124 valence electrons. The van der Waals surface area contributed by atoms with Crippen molar-refractivity contribution in [3.8, 4) is 5.75 Å². The lowest BCUT2D eigenvalue weighted by atomic mass is 10.3. The van der Waals surface area contributed by atoms with E-state index in [1.54, 1.807) is 19.0 Å². The molecular weight excluding hydrogens is 333 g/mol. The first kappa shape index (κ1) is 20.4. The number of ether oxygens (including phenoxy) is 1. The molecule has 9 heteroatoms. The third-order valence-corrected chi connectivity index (χ3v) is 3.05. The maximum absolute atomic E-state index is 11.8. The van der Waals surface area contributed by atoms with Crippen LogP contribution in [0.5, 0.6) is 5.75 Å². The van der Waals surface area contributed by atoms with Crippen LogP contribution < -0.4 is 10.1 Å². The maximum Gasteiger partial charge on any atom is 0.312 e. The first-order valence-corrected chi connectivity index (χ1v) is 6.78. The van der Waals surface area contributed by atoms with E-state index in [0.717, 1.165) is 0 Å². The number of nitrogens with one attached hydrogen (secondary N) is 1. The largest absolute Gasteiger partial charge is 0.486 e. The average Bonchev–Trinajstić information content (AvgIpc) is 2.45. The van der Waals surface area contributed by atoms with Crippen LogP contribution >= 0.6 is 24.0 Å². The number of likely N-dealkylation sites (N-methyl/N-ethyl adjacent to an activating group) is 2. The van der Waals surface area contributed by atoms with E-state index in [0.29, 0.717) is 13.1 Å². The van der Waals surface area contributed by atoms with Gasteiger partial charge in [-0.3, -0.25) is 14.9 Å². The van der Waals surface area contributed by atoms with Crippen LogP contribution in [0.15, 0.2) is 18.2 Å². The number of nitro groups is 1. The molecule has 1 aromatic rings. The summed E-state index contributed by atoms with van der Waals surface area (Å²) >= 11 is 5.71. The fourth-order valence-electron chi connectivity index (χ4n) is 1.60. The van der Waals surface area contributed by atoms with Crippen LogP contribution in [-0.2, 0) is 4.79 Å². The average molecular weight is 352 g/mol. The van der Waals surface area contributed by atoms with Crippen molar-refractivity contribution in [2.75, 3.05) is 33.8 Å². The molecular formula is C13H19Cl2N3O4. The molecule has 1 rings (SSSR count). The minimum Gasteiger partial charge on any atom is -0.486 e. The summed E-state index contributed by atoms with van der Waals surface area (Å²) in [7, 11) is 3.51. The zero-order valence-electron chi connectivity index (χ0n) is 12.4. The van der Waals surface area contributed by atoms with E-state index in [2.05, 4.69) is 5.32 Å². The molecule has 0 saturated heterocycles. The molecule has 0 aromatic heterocycles. The minimum absolute atomic E-state index is 0. The van der Waals surface area contributed by atoms with Crippen molar-refractivity contribution in [2.24, 2.45) is 0 Å². The summed E-state index contributed by atoms with van der Waals surface area (Å²) < 4.78 is 5.32. The van der Waals surface area contributed by atoms with Gasteiger partial charge >= 0.3 is 5.69 Å². The van der Waals surface area contributed by atoms with Gasteiger partial charge in [-0.05, 0) is 19.2 Å². The van der Waals surface area contributed by atoms with Crippen molar-refractivity contribution in [3.05, 3.63) is 33.3 Å². The highest BCUT2D eigenvalue weighted by Gasteiger charge is 2.16. The summed E-state index contributed by atoms with van der Waals surface area (Å²) in [6, 6.07) is 4.15. The molecule has 0 heterocycles. The van der Waals surface area contributed by atoms with Crippen LogP contribution in [0.25, 0.3) is 0 Å². The van der Waals surface area contributed by atoms with E-state index >= 15 is 0 Å². The number of nitrogens with zero attached hydrogens (tertiary/aromatic N) is 2. The number of nitro benzene ring substituents is 1. The fraction of sp³-hybridized carbons (Fsp3) is 0.462. The topological polar surface area (TPSA) is 84.7 Å². The number of rotatable bonds is 8. The van der Waals surface area contributed by atoms with Gasteiger partial charge in [0.05, 0.1) is 18.0 Å². The SMILES string of the molecule is CNCCN(C)C(=O)CCOc1ccc(Cl)cc1[N+](=O)[O-].Cl. The van der Waals surface area contributed by atoms with Crippen molar-refractivity contribution in [1.82, 2.24) is 10.2 Å². The number of hydrogen-bond acceptors (Lipinski definition) is 5. The fourth-order valence-corrected chi connectivity index (χ4v) is 1.76. The standard InChI is InChI=1S/C13H18ClN3O4.ClH/c1-15-6-7-16(2)13(18)5-8-21-12-4-3-10(14)9-11(12)17(19)20;/h3-4,9,15H,5-8H2,1-2H3;1H. The molecule has 0 radical (unpaired) electrons. The Morgan fingerprint density at radius 1 is 1.50 bits per heavy atom. The summed E-state index contributed by atoms with van der Waals surface area (Å²) in [6.45, 7) is 1.37. The molecule has 0 saturated carbocycles. The highest BCUT2D eigenvalue weighted by molar-refractivity contribution is 6.30. The highest BCUT2D eigenvalue weighted by Crippen LogP contribution is 2.29. The Morgan fingerprint density at radius 2 is 2.18 bits per heavy atom. The third-order valence-electron chi connectivity index (χ3n) is 2.81. The van der Waals surface area contributed by atoms with E-state index in [-0.39, 0.29) is 47.8 Å². The van der Waals surface area contributed by atoms with Crippen molar-refractivity contribution in [3.63, 3.8) is 0 Å². The second kappa shape index (κ2) is 10.2. The molecule has 1 amide bonds. The van der Waals surface area contributed by atoms with E-state index in [9.17, 15) is 14.9 Å². The van der Waals surface area contributed by atoms with Crippen LogP contribution in [0.1, 0.15) is 6.42 Å². The third kappa shape index (κ3) is 6.46. The Hall–Kier alpha value is -1.57. The van der Waals surface area contributed by atoms with Crippen LogP contribution in [0.3, 0.4) is 0 Å². The van der Waals surface area contributed by atoms with Gasteiger partial charge in [-0.15, -0.1) is 12.4 Å². The monoisotopic (exact) mass is 351 g/mol. The van der Waals surface area contributed by atoms with Gasteiger partial charge in [0.1, 0.15) is 0 Å². The van der Waals surface area contributed by atoms with Crippen molar-refractivity contribution < 1.29 is 14.5 Å². The summed E-state index contributed by atoms with van der Waals surface area (Å²) in [5.74, 6) is 0.0249. The van der Waals surface area contributed by atoms with Gasteiger partial charge in [-0.2, -0.15) is 0 Å². The van der Waals surface area contributed by atoms with Crippen LogP contribution in [0.4, 0.5) is 5.69 Å². The summed E-state index contributed by atoms with van der Waals surface area (Å²) in [4.78, 5) is 23.7. The normalized spacial score (nSPS) is 9.77. The molecule has 1 N–H and O–H groups in total. The second-order valence-corrected chi connectivity index (χ2v) is 4.82. The Kier molecular flexibility index (Phi) is 9.48. The molecule has 0 spiro atoms. The summed E-state index contributed by atoms with van der Waals surface area (Å²) in [5.41, 5.74) is -0.210. The predicted octanol–water partition coefficient (Wildman–Crippen LogP) is 2.12. The molecule has 0 aliphatic carbocycles. The molecule has 22 heavy (non-hydrogen) atoms. The van der Waals surface area contributed by atoms with Crippen molar-refractivity contribution >= 4 is 35.6 Å². The number of carbonyl (C=O) groups is 1. The first-order chi connectivity index (χ1) is 9.95. The Bertz CT molecular complexity index is 514. The van der Waals surface area contributed by atoms with Crippen molar-refractivity contribution in [2.45, 2.75) is 6.42 Å². The quantitative estimate of drug-likeness (QED) is 0.572. The van der Waals surface area contributed by atoms with Gasteiger partial charge in [-0.25, -0.2) is 0 Å². The van der Waals surface area contributed by atoms with Crippen LogP contribution in [-0.4, -0.2) is 49.5 Å². The number of halogens is 2. The Labute approximate surface area is 140 Å². The van der Waals surface area contributed by atoms with E-state index in [4.69, 9.17) is 16.3 Å². The molecule has 0 fully saturated rings. The van der Waals surface area contributed by atoms with Gasteiger partial charge < -0.3 is 15.0 Å². The Morgan fingerprint density at radius 3 is 2.77 bits per heavy atom. The van der Waals surface area contributed by atoms with Crippen LogP contribution in [0.2, 0.25) is 5.02 Å². The van der Waals surface area contributed by atoms with E-state index in [1.165, 1.54) is 18.2 Å². The lowest BCUT2D eigenvalue weighted by molar-refractivity contribution is -0.385. The maximum atomic E-state index is 11.8. The van der Waals surface area contributed by atoms with E-state index < -0.39 is 4.92 Å². The number of hydrogen-bond donors (Lipinski definition) is 1. The smallest absolute Gasteiger partial charge is 0.312 e. The molecule has 1 aromatic carbocycles. The van der Waals surface area contributed by atoms with Gasteiger partial charge in [0.25, 0.3) is 0 Å². The minimum atomic E-state index is -0.567. The summed E-state index contributed by atoms with van der Waals surface area (Å²) in [6.07, 6.45) is 0.153. The lowest BCUT2D eigenvalue weighted by Gasteiger charge is -2.16. The molecule has 0 unspecified atom stereocenters.